The van der Waals surface area contributed by atoms with E-state index < -0.39 is 6.09 Å². The Hall–Kier alpha value is -3.56. The van der Waals surface area contributed by atoms with E-state index in [2.05, 4.69) is 25.5 Å². The molecule has 1 aromatic carbocycles. The Kier molecular flexibility index (Phi) is 6.58. The van der Waals surface area contributed by atoms with Gasteiger partial charge in [-0.1, -0.05) is 12.1 Å². The number of amides is 2. The van der Waals surface area contributed by atoms with E-state index >= 15 is 0 Å². The van der Waals surface area contributed by atoms with Crippen molar-refractivity contribution in [2.45, 2.75) is 25.3 Å². The number of hydrogen-bond acceptors (Lipinski definition) is 7. The molecule has 3 heterocycles. The van der Waals surface area contributed by atoms with Crippen molar-refractivity contribution in [1.29, 1.82) is 0 Å². The van der Waals surface area contributed by atoms with Gasteiger partial charge in [-0.2, -0.15) is 0 Å². The first-order chi connectivity index (χ1) is 15.5. The Morgan fingerprint density at radius 2 is 2.03 bits per heavy atom. The van der Waals surface area contributed by atoms with Crippen molar-refractivity contribution in [3.8, 4) is 0 Å². The van der Waals surface area contributed by atoms with Crippen molar-refractivity contribution in [2.24, 2.45) is 5.92 Å². The van der Waals surface area contributed by atoms with Crippen LogP contribution in [0.1, 0.15) is 18.4 Å². The fourth-order valence-electron chi connectivity index (χ4n) is 4.10. The van der Waals surface area contributed by atoms with Crippen molar-refractivity contribution in [2.75, 3.05) is 43.5 Å². The van der Waals surface area contributed by atoms with Crippen LogP contribution in [0.3, 0.4) is 0 Å². The van der Waals surface area contributed by atoms with Gasteiger partial charge in [0.15, 0.2) is 0 Å². The molecule has 1 unspecified atom stereocenters. The van der Waals surface area contributed by atoms with E-state index in [1.165, 1.54) is 4.90 Å². The zero-order valence-electron chi connectivity index (χ0n) is 18.0. The quantitative estimate of drug-likeness (QED) is 0.601. The van der Waals surface area contributed by atoms with Crippen LogP contribution in [0.5, 0.6) is 0 Å². The summed E-state index contributed by atoms with van der Waals surface area (Å²) in [6.07, 6.45) is 2.78. The number of aromatic nitrogens is 2. The summed E-state index contributed by atoms with van der Waals surface area (Å²) in [5, 5.41) is 15.2. The normalized spacial score (nSPS) is 18.7. The zero-order valence-corrected chi connectivity index (χ0v) is 18.0. The molecule has 4 rings (SSSR count). The van der Waals surface area contributed by atoms with Crippen molar-refractivity contribution in [3.05, 3.63) is 42.2 Å². The Balaban J connectivity index is 1.30. The number of likely N-dealkylation sites (tertiary alicyclic amines) is 1. The fraction of sp³-hybridized carbons (Fsp3) is 0.455. The predicted octanol–water partition coefficient (Wildman–Crippen LogP) is 2.70. The lowest BCUT2D eigenvalue weighted by atomic mass is 9.96. The fourth-order valence-corrected chi connectivity index (χ4v) is 4.10. The molecule has 0 saturated carbocycles. The third kappa shape index (κ3) is 5.57. The summed E-state index contributed by atoms with van der Waals surface area (Å²) in [5.41, 5.74) is 2.03. The molecule has 10 heteroatoms. The number of carbonyl (C=O) groups excluding carboxylic acids is 1. The van der Waals surface area contributed by atoms with Crippen LogP contribution in [0.15, 0.2) is 36.7 Å². The molecule has 32 heavy (non-hydrogen) atoms. The van der Waals surface area contributed by atoms with Gasteiger partial charge in [-0.05, 0) is 42.9 Å². The highest BCUT2D eigenvalue weighted by Gasteiger charge is 2.24. The Morgan fingerprint density at radius 1 is 1.28 bits per heavy atom. The molecule has 2 aliphatic heterocycles. The number of carbonyl (C=O) groups is 2. The van der Waals surface area contributed by atoms with Gasteiger partial charge < -0.3 is 30.3 Å². The number of ether oxygens (including phenoxy) is 1. The lowest BCUT2D eigenvalue weighted by Crippen LogP contribution is -2.40. The number of anilines is 3. The Labute approximate surface area is 186 Å². The van der Waals surface area contributed by atoms with Crippen LogP contribution >= 0.6 is 0 Å². The van der Waals surface area contributed by atoms with E-state index in [9.17, 15) is 9.59 Å². The number of piperidine rings is 1. The summed E-state index contributed by atoms with van der Waals surface area (Å²) in [6, 6.07) is 9.92. The first-order valence-electron chi connectivity index (χ1n) is 10.8. The van der Waals surface area contributed by atoms with Gasteiger partial charge in [0.2, 0.25) is 0 Å². The predicted molar refractivity (Wildman–Crippen MR) is 119 cm³/mol. The van der Waals surface area contributed by atoms with Crippen LogP contribution in [-0.2, 0) is 11.2 Å². The molecule has 10 nitrogen and oxygen atoms in total. The minimum Gasteiger partial charge on any atom is -0.465 e. The topological polar surface area (TPSA) is 120 Å². The second-order valence-electron chi connectivity index (χ2n) is 8.32. The summed E-state index contributed by atoms with van der Waals surface area (Å²) in [7, 11) is 2.00. The maximum atomic E-state index is 11.1. The van der Waals surface area contributed by atoms with E-state index in [0.717, 1.165) is 42.9 Å². The molecular weight excluding hydrogens is 412 g/mol. The molecule has 1 atom stereocenters. The molecule has 0 radical (unpaired) electrons. The average Bonchev–Trinajstić information content (AvgIpc) is 3.20. The molecule has 0 spiro atoms. The summed E-state index contributed by atoms with van der Waals surface area (Å²) < 4.78 is 4.93. The smallest absolute Gasteiger partial charge is 0.407 e. The second-order valence-corrected chi connectivity index (χ2v) is 8.32. The summed E-state index contributed by atoms with van der Waals surface area (Å²) in [5.74, 6) is 1.95. The third-order valence-corrected chi connectivity index (χ3v) is 5.91. The number of alkyl carbamates (subject to hydrolysis) is 1. The van der Waals surface area contributed by atoms with E-state index in [1.807, 2.05) is 37.4 Å². The van der Waals surface area contributed by atoms with E-state index in [4.69, 9.17) is 9.84 Å². The average molecular weight is 441 g/mol. The van der Waals surface area contributed by atoms with Gasteiger partial charge in [-0.3, -0.25) is 0 Å². The van der Waals surface area contributed by atoms with E-state index in [-0.39, 0.29) is 12.1 Å². The number of benzene rings is 1. The van der Waals surface area contributed by atoms with Gasteiger partial charge in [0.05, 0.1) is 6.04 Å². The summed E-state index contributed by atoms with van der Waals surface area (Å²) in [6.45, 7) is 2.38. The second kappa shape index (κ2) is 9.71. The third-order valence-electron chi connectivity index (χ3n) is 5.91. The highest BCUT2D eigenvalue weighted by Crippen LogP contribution is 2.23. The highest BCUT2D eigenvalue weighted by atomic mass is 16.6. The first-order valence-corrected chi connectivity index (χ1v) is 10.8. The largest absolute Gasteiger partial charge is 0.465 e. The molecule has 0 aliphatic carbocycles. The van der Waals surface area contributed by atoms with Crippen LogP contribution in [0.4, 0.5) is 26.9 Å². The maximum Gasteiger partial charge on any atom is 0.407 e. The van der Waals surface area contributed by atoms with Gasteiger partial charge in [0.25, 0.3) is 0 Å². The number of rotatable bonds is 7. The summed E-state index contributed by atoms with van der Waals surface area (Å²) in [4.78, 5) is 34.5. The van der Waals surface area contributed by atoms with Crippen LogP contribution in [0.2, 0.25) is 0 Å². The lowest BCUT2D eigenvalue weighted by molar-refractivity contribution is 0.125. The van der Waals surface area contributed by atoms with Crippen molar-refractivity contribution in [1.82, 2.24) is 20.2 Å². The SMILES string of the molecule is CN(CC1CCN(C(=O)O)CC1)c1cc(Nc2ccc(CC3COC(=O)N3)cc2)ncn1. The first kappa shape index (κ1) is 21.7. The zero-order chi connectivity index (χ0) is 22.5. The monoisotopic (exact) mass is 440 g/mol. The number of hydrogen-bond donors (Lipinski definition) is 3. The van der Waals surface area contributed by atoms with Crippen LogP contribution in [0, 0.1) is 5.92 Å². The number of nitrogens with one attached hydrogen (secondary N) is 2. The van der Waals surface area contributed by atoms with Crippen molar-refractivity contribution >= 4 is 29.5 Å². The number of carboxylic acid groups (broad SMARTS) is 1. The van der Waals surface area contributed by atoms with Gasteiger partial charge in [-0.25, -0.2) is 19.6 Å². The van der Waals surface area contributed by atoms with Gasteiger partial charge in [-0.15, -0.1) is 0 Å². The lowest BCUT2D eigenvalue weighted by Gasteiger charge is -2.32. The minimum absolute atomic E-state index is 0.0117. The highest BCUT2D eigenvalue weighted by molar-refractivity contribution is 5.69. The van der Waals surface area contributed by atoms with Gasteiger partial charge in [0.1, 0.15) is 24.6 Å². The van der Waals surface area contributed by atoms with E-state index in [0.29, 0.717) is 31.4 Å². The molecule has 2 aliphatic rings. The molecule has 2 aromatic rings. The minimum atomic E-state index is -0.837. The van der Waals surface area contributed by atoms with Crippen LogP contribution in [-0.4, -0.2) is 71.5 Å². The standard InChI is InChI=1S/C22H28N6O4/c1-27(12-16-6-8-28(9-7-16)22(30)31)20-11-19(23-14-24-20)25-17-4-2-15(3-5-17)10-18-13-32-21(29)26-18/h2-5,11,14,16,18H,6-10,12-13H2,1H3,(H,26,29)(H,30,31)(H,23,24,25). The summed E-state index contributed by atoms with van der Waals surface area (Å²) >= 11 is 0. The van der Waals surface area contributed by atoms with Gasteiger partial charge in [0, 0.05) is 38.4 Å². The van der Waals surface area contributed by atoms with Crippen molar-refractivity contribution < 1.29 is 19.4 Å². The molecule has 3 N–H and O–H groups in total. The van der Waals surface area contributed by atoms with E-state index in [1.54, 1.807) is 6.33 Å². The molecule has 0 bridgehead atoms. The molecular formula is C22H28N6O4. The van der Waals surface area contributed by atoms with Crippen LogP contribution < -0.4 is 15.5 Å². The molecule has 2 saturated heterocycles. The van der Waals surface area contributed by atoms with Crippen molar-refractivity contribution in [3.63, 3.8) is 0 Å². The molecule has 2 fully saturated rings. The van der Waals surface area contributed by atoms with Gasteiger partial charge >= 0.3 is 12.2 Å². The molecule has 1 aromatic heterocycles. The maximum absolute atomic E-state index is 11.1. The Morgan fingerprint density at radius 3 is 2.69 bits per heavy atom. The Bertz CT molecular complexity index is 946. The molecule has 2 amide bonds. The van der Waals surface area contributed by atoms with Crippen LogP contribution in [0.25, 0.3) is 0 Å². The number of cyclic esters (lactones) is 1. The number of nitrogens with zero attached hydrogens (tertiary/aromatic N) is 4. The molecule has 170 valence electrons.